The first-order chi connectivity index (χ1) is 8.69. The van der Waals surface area contributed by atoms with Crippen LogP contribution >= 0.6 is 0 Å². The third-order valence-electron chi connectivity index (χ3n) is 4.15. The van der Waals surface area contributed by atoms with E-state index < -0.39 is 0 Å². The van der Waals surface area contributed by atoms with Crippen LogP contribution in [0.15, 0.2) is 0 Å². The number of rotatable bonds is 3. The number of hydrogen-bond donors (Lipinski definition) is 1. The van der Waals surface area contributed by atoms with Crippen molar-refractivity contribution in [1.29, 1.82) is 0 Å². The lowest BCUT2D eigenvalue weighted by Gasteiger charge is -2.31. The Bertz CT molecular complexity index is 282. The number of ether oxygens (including phenoxy) is 2. The summed E-state index contributed by atoms with van der Waals surface area (Å²) >= 11 is 0. The molecule has 1 N–H and O–H groups in total. The van der Waals surface area contributed by atoms with E-state index >= 15 is 0 Å². The highest BCUT2D eigenvalue weighted by Crippen LogP contribution is 2.25. The fourth-order valence-corrected chi connectivity index (χ4v) is 3.03. The van der Waals surface area contributed by atoms with Crippen LogP contribution in [0.3, 0.4) is 0 Å². The van der Waals surface area contributed by atoms with Crippen molar-refractivity contribution in [2.24, 2.45) is 5.92 Å². The average molecular weight is 255 g/mol. The van der Waals surface area contributed by atoms with E-state index in [9.17, 15) is 4.79 Å². The maximum Gasteiger partial charge on any atom is 0.309 e. The summed E-state index contributed by atoms with van der Waals surface area (Å²) in [6, 6.07) is 0.425. The number of carbonyl (C=O) groups is 1. The van der Waals surface area contributed by atoms with Crippen LogP contribution in [0.1, 0.15) is 45.4 Å². The molecule has 4 unspecified atom stereocenters. The number of carbonyl (C=O) groups excluding carboxylic acids is 1. The van der Waals surface area contributed by atoms with Gasteiger partial charge in [0.1, 0.15) is 6.10 Å². The van der Waals surface area contributed by atoms with Crippen LogP contribution < -0.4 is 5.32 Å². The maximum atomic E-state index is 12.1. The molecule has 1 aliphatic heterocycles. The molecule has 1 saturated heterocycles. The molecule has 1 heterocycles. The highest BCUT2D eigenvalue weighted by molar-refractivity contribution is 5.72. The summed E-state index contributed by atoms with van der Waals surface area (Å²) in [5.41, 5.74) is 0. The summed E-state index contributed by atoms with van der Waals surface area (Å²) in [4.78, 5) is 12.1. The molecule has 2 rings (SSSR count). The molecule has 1 saturated carbocycles. The van der Waals surface area contributed by atoms with Crippen molar-refractivity contribution < 1.29 is 14.3 Å². The fourth-order valence-electron chi connectivity index (χ4n) is 3.03. The van der Waals surface area contributed by atoms with E-state index in [0.717, 1.165) is 45.1 Å². The van der Waals surface area contributed by atoms with Gasteiger partial charge in [0, 0.05) is 19.6 Å². The van der Waals surface area contributed by atoms with Crippen molar-refractivity contribution in [3.05, 3.63) is 0 Å². The Labute approximate surface area is 109 Å². The predicted octanol–water partition coefficient (Wildman–Crippen LogP) is 1.88. The number of hydrogen-bond acceptors (Lipinski definition) is 4. The van der Waals surface area contributed by atoms with Gasteiger partial charge in [0.25, 0.3) is 0 Å². The number of esters is 1. The van der Waals surface area contributed by atoms with Gasteiger partial charge in [0.15, 0.2) is 0 Å². The molecule has 0 radical (unpaired) electrons. The Balaban J connectivity index is 1.79. The van der Waals surface area contributed by atoms with Crippen molar-refractivity contribution in [3.63, 3.8) is 0 Å². The summed E-state index contributed by atoms with van der Waals surface area (Å²) in [6.07, 6.45) is 6.19. The first kappa shape index (κ1) is 13.8. The largest absolute Gasteiger partial charge is 0.462 e. The van der Waals surface area contributed by atoms with Gasteiger partial charge in [-0.15, -0.1) is 0 Å². The zero-order chi connectivity index (χ0) is 13.0. The number of methoxy groups -OCH3 is 1. The Hall–Kier alpha value is -0.610. The van der Waals surface area contributed by atoms with Crippen LogP contribution in [0, 0.1) is 5.92 Å². The van der Waals surface area contributed by atoms with Crippen molar-refractivity contribution in [3.8, 4) is 0 Å². The minimum atomic E-state index is 0.00473. The van der Waals surface area contributed by atoms with E-state index in [1.54, 1.807) is 7.11 Å². The van der Waals surface area contributed by atoms with Gasteiger partial charge >= 0.3 is 5.97 Å². The monoisotopic (exact) mass is 255 g/mol. The van der Waals surface area contributed by atoms with Crippen molar-refractivity contribution in [1.82, 2.24) is 5.32 Å². The molecule has 0 bridgehead atoms. The first-order valence-corrected chi connectivity index (χ1v) is 7.15. The lowest BCUT2D eigenvalue weighted by atomic mass is 9.92. The summed E-state index contributed by atoms with van der Waals surface area (Å²) in [7, 11) is 1.74. The maximum absolute atomic E-state index is 12.1. The Kier molecular flexibility index (Phi) is 5.01. The van der Waals surface area contributed by atoms with Gasteiger partial charge in [0.2, 0.25) is 0 Å². The first-order valence-electron chi connectivity index (χ1n) is 7.15. The molecule has 2 aliphatic rings. The van der Waals surface area contributed by atoms with Crippen molar-refractivity contribution >= 4 is 5.97 Å². The van der Waals surface area contributed by atoms with E-state index in [0.29, 0.717) is 6.04 Å². The summed E-state index contributed by atoms with van der Waals surface area (Å²) in [6.45, 7) is 3.05. The SMILES string of the molecule is COC1CCCC(OC(=O)C2CCNC(C)C2)C1. The van der Waals surface area contributed by atoms with E-state index in [2.05, 4.69) is 12.2 Å². The molecule has 0 aromatic carbocycles. The van der Waals surface area contributed by atoms with Gasteiger partial charge < -0.3 is 14.8 Å². The second-order valence-electron chi connectivity index (χ2n) is 5.66. The molecular formula is C14H25NO3. The summed E-state index contributed by atoms with van der Waals surface area (Å²) < 4.78 is 11.0. The molecule has 104 valence electrons. The zero-order valence-electron chi connectivity index (χ0n) is 11.5. The molecule has 0 aromatic heterocycles. The van der Waals surface area contributed by atoms with Gasteiger partial charge in [-0.2, -0.15) is 0 Å². The average Bonchev–Trinajstić information content (AvgIpc) is 2.39. The minimum absolute atomic E-state index is 0.00473. The standard InChI is InChI=1S/C14H25NO3/c1-10-8-11(6-7-15-10)14(16)18-13-5-3-4-12(9-13)17-2/h10-13,15H,3-9H2,1-2H3. The zero-order valence-corrected chi connectivity index (χ0v) is 11.5. The molecular weight excluding hydrogens is 230 g/mol. The normalized spacial score (nSPS) is 37.2. The second kappa shape index (κ2) is 6.53. The van der Waals surface area contributed by atoms with Crippen LogP contribution in [0.4, 0.5) is 0 Å². The van der Waals surface area contributed by atoms with Gasteiger partial charge in [0.05, 0.1) is 12.0 Å². The van der Waals surface area contributed by atoms with E-state index in [1.807, 2.05) is 0 Å². The molecule has 0 aromatic rings. The van der Waals surface area contributed by atoms with Gasteiger partial charge in [-0.1, -0.05) is 0 Å². The topological polar surface area (TPSA) is 47.6 Å². The molecule has 4 atom stereocenters. The quantitative estimate of drug-likeness (QED) is 0.782. The highest BCUT2D eigenvalue weighted by Gasteiger charge is 2.30. The molecule has 4 heteroatoms. The Morgan fingerprint density at radius 3 is 2.67 bits per heavy atom. The molecule has 0 spiro atoms. The Morgan fingerprint density at radius 1 is 1.17 bits per heavy atom. The third-order valence-corrected chi connectivity index (χ3v) is 4.15. The van der Waals surface area contributed by atoms with Crippen LogP contribution in [0.2, 0.25) is 0 Å². The lowest BCUT2D eigenvalue weighted by molar-refractivity contribution is -0.158. The van der Waals surface area contributed by atoms with E-state index in [1.165, 1.54) is 0 Å². The molecule has 4 nitrogen and oxygen atoms in total. The highest BCUT2D eigenvalue weighted by atomic mass is 16.5. The third kappa shape index (κ3) is 3.69. The second-order valence-corrected chi connectivity index (χ2v) is 5.66. The van der Waals surface area contributed by atoms with Gasteiger partial charge in [-0.25, -0.2) is 0 Å². The van der Waals surface area contributed by atoms with Crippen LogP contribution in [0.25, 0.3) is 0 Å². The predicted molar refractivity (Wildman–Crippen MR) is 69.3 cm³/mol. The van der Waals surface area contributed by atoms with Gasteiger partial charge in [-0.3, -0.25) is 4.79 Å². The molecule has 1 aliphatic carbocycles. The van der Waals surface area contributed by atoms with Crippen molar-refractivity contribution in [2.45, 2.75) is 63.7 Å². The molecule has 18 heavy (non-hydrogen) atoms. The number of nitrogens with one attached hydrogen (secondary N) is 1. The Morgan fingerprint density at radius 2 is 1.94 bits per heavy atom. The van der Waals surface area contributed by atoms with Crippen LogP contribution in [0.5, 0.6) is 0 Å². The minimum Gasteiger partial charge on any atom is -0.462 e. The van der Waals surface area contributed by atoms with E-state index in [-0.39, 0.29) is 24.1 Å². The number of piperidine rings is 1. The van der Waals surface area contributed by atoms with Crippen LogP contribution in [-0.2, 0) is 14.3 Å². The van der Waals surface area contributed by atoms with Crippen molar-refractivity contribution in [2.75, 3.05) is 13.7 Å². The van der Waals surface area contributed by atoms with Crippen LogP contribution in [-0.4, -0.2) is 37.9 Å². The summed E-state index contributed by atoms with van der Waals surface area (Å²) in [5.74, 6) is 0.0919. The summed E-state index contributed by atoms with van der Waals surface area (Å²) in [5, 5.41) is 3.36. The van der Waals surface area contributed by atoms with Gasteiger partial charge in [-0.05, 0) is 45.6 Å². The molecule has 2 fully saturated rings. The fraction of sp³-hybridized carbons (Fsp3) is 0.929. The van der Waals surface area contributed by atoms with E-state index in [4.69, 9.17) is 9.47 Å². The lowest BCUT2D eigenvalue weighted by Crippen LogP contribution is -2.40. The molecule has 0 amide bonds. The smallest absolute Gasteiger partial charge is 0.309 e.